The molecule has 0 aliphatic carbocycles. The molecule has 0 fully saturated rings. The number of aryl methyl sites for hydroxylation is 1. The molecule has 0 saturated heterocycles. The molecule has 2 nitrogen and oxygen atoms in total. The van der Waals surface area contributed by atoms with E-state index in [4.69, 9.17) is 0 Å². The SMILES string of the molecule is C.Cc1cccc(S(=O)(=O)c2ccccc2)c1. The summed E-state index contributed by atoms with van der Waals surface area (Å²) in [6, 6.07) is 15.4. The molecule has 2 aromatic rings. The van der Waals surface area contributed by atoms with Gasteiger partial charge in [0.1, 0.15) is 0 Å². The van der Waals surface area contributed by atoms with E-state index in [0.717, 1.165) is 5.56 Å². The predicted molar refractivity (Wildman–Crippen MR) is 69.8 cm³/mol. The van der Waals surface area contributed by atoms with Gasteiger partial charge in [-0.25, -0.2) is 8.42 Å². The number of benzene rings is 2. The molecule has 90 valence electrons. The van der Waals surface area contributed by atoms with E-state index in [-0.39, 0.29) is 7.43 Å². The van der Waals surface area contributed by atoms with Crippen LogP contribution in [0.4, 0.5) is 0 Å². The van der Waals surface area contributed by atoms with Crippen molar-refractivity contribution < 1.29 is 8.42 Å². The van der Waals surface area contributed by atoms with Gasteiger partial charge in [0.2, 0.25) is 9.84 Å². The first-order valence-electron chi connectivity index (χ1n) is 4.97. The number of hydrogen-bond donors (Lipinski definition) is 0. The maximum atomic E-state index is 12.2. The maximum Gasteiger partial charge on any atom is 0.206 e. The summed E-state index contributed by atoms with van der Waals surface area (Å²) in [7, 11) is -3.36. The van der Waals surface area contributed by atoms with Crippen molar-refractivity contribution in [2.75, 3.05) is 0 Å². The molecule has 0 N–H and O–H groups in total. The van der Waals surface area contributed by atoms with Crippen LogP contribution >= 0.6 is 0 Å². The Morgan fingerprint density at radius 3 is 2.00 bits per heavy atom. The van der Waals surface area contributed by atoms with Gasteiger partial charge in [0.25, 0.3) is 0 Å². The number of sulfone groups is 1. The Morgan fingerprint density at radius 2 is 1.41 bits per heavy atom. The van der Waals surface area contributed by atoms with E-state index in [1.165, 1.54) is 0 Å². The van der Waals surface area contributed by atoms with Crippen LogP contribution < -0.4 is 0 Å². The minimum absolute atomic E-state index is 0. The molecule has 0 radical (unpaired) electrons. The monoisotopic (exact) mass is 248 g/mol. The zero-order valence-electron chi connectivity index (χ0n) is 8.92. The van der Waals surface area contributed by atoms with Gasteiger partial charge in [-0.3, -0.25) is 0 Å². The first kappa shape index (κ1) is 13.5. The average Bonchev–Trinajstić information content (AvgIpc) is 2.30. The van der Waals surface area contributed by atoms with Crippen molar-refractivity contribution >= 4 is 9.84 Å². The highest BCUT2D eigenvalue weighted by molar-refractivity contribution is 7.91. The number of hydrogen-bond acceptors (Lipinski definition) is 2. The van der Waals surface area contributed by atoms with Crippen LogP contribution in [0.15, 0.2) is 64.4 Å². The smallest absolute Gasteiger partial charge is 0.206 e. The molecule has 0 heterocycles. The fraction of sp³-hybridized carbons (Fsp3) is 0.143. The van der Waals surface area contributed by atoms with E-state index in [0.29, 0.717) is 9.79 Å². The highest BCUT2D eigenvalue weighted by Crippen LogP contribution is 2.20. The molecule has 17 heavy (non-hydrogen) atoms. The Hall–Kier alpha value is -1.61. The standard InChI is InChI=1S/C13H12O2S.CH4/c1-11-6-5-9-13(10-11)16(14,15)12-7-3-2-4-8-12;/h2-10H,1H3;1H4. The topological polar surface area (TPSA) is 34.1 Å². The van der Waals surface area contributed by atoms with Crippen molar-refractivity contribution in [3.8, 4) is 0 Å². The summed E-state index contributed by atoms with van der Waals surface area (Å²) in [6.45, 7) is 1.88. The fourth-order valence-corrected chi connectivity index (χ4v) is 2.90. The molecule has 2 aromatic carbocycles. The molecule has 0 amide bonds. The summed E-state index contributed by atoms with van der Waals surface area (Å²) in [5.41, 5.74) is 0.942. The van der Waals surface area contributed by atoms with Gasteiger partial charge in [-0.2, -0.15) is 0 Å². The van der Waals surface area contributed by atoms with Gasteiger partial charge in [0, 0.05) is 0 Å². The summed E-state index contributed by atoms with van der Waals surface area (Å²) < 4.78 is 24.4. The van der Waals surface area contributed by atoms with Crippen molar-refractivity contribution in [1.29, 1.82) is 0 Å². The van der Waals surface area contributed by atoms with Crippen molar-refractivity contribution in [3.05, 3.63) is 60.2 Å². The molecular formula is C14H16O2S. The summed E-state index contributed by atoms with van der Waals surface area (Å²) in [6.07, 6.45) is 0. The van der Waals surface area contributed by atoms with Crippen LogP contribution in [-0.4, -0.2) is 8.42 Å². The Bertz CT molecular complexity index is 587. The first-order valence-corrected chi connectivity index (χ1v) is 6.46. The average molecular weight is 248 g/mol. The van der Waals surface area contributed by atoms with Crippen LogP contribution in [0.25, 0.3) is 0 Å². The molecule has 0 saturated carbocycles. The maximum absolute atomic E-state index is 12.2. The molecule has 0 aromatic heterocycles. The molecule has 0 atom stereocenters. The van der Waals surface area contributed by atoms with Crippen molar-refractivity contribution in [1.82, 2.24) is 0 Å². The minimum Gasteiger partial charge on any atom is -0.219 e. The number of rotatable bonds is 2. The quantitative estimate of drug-likeness (QED) is 0.815. The lowest BCUT2D eigenvalue weighted by Crippen LogP contribution is -2.01. The predicted octanol–water partition coefficient (Wildman–Crippen LogP) is 3.46. The Balaban J connectivity index is 0.00000144. The van der Waals surface area contributed by atoms with Crippen LogP contribution in [0.1, 0.15) is 13.0 Å². The lowest BCUT2D eigenvalue weighted by molar-refractivity contribution is 0.596. The highest BCUT2D eigenvalue weighted by Gasteiger charge is 2.16. The fourth-order valence-electron chi connectivity index (χ4n) is 1.52. The Labute approximate surface area is 103 Å². The van der Waals surface area contributed by atoms with Crippen LogP contribution in [0.3, 0.4) is 0 Å². The van der Waals surface area contributed by atoms with E-state index in [1.54, 1.807) is 48.5 Å². The van der Waals surface area contributed by atoms with Crippen molar-refractivity contribution in [2.24, 2.45) is 0 Å². The second-order valence-corrected chi connectivity index (χ2v) is 5.58. The normalized spacial score (nSPS) is 10.6. The summed E-state index contributed by atoms with van der Waals surface area (Å²) >= 11 is 0. The zero-order valence-corrected chi connectivity index (χ0v) is 9.74. The second kappa shape index (κ2) is 5.15. The molecule has 0 aliphatic rings. The van der Waals surface area contributed by atoms with Crippen molar-refractivity contribution in [2.45, 2.75) is 24.1 Å². The minimum atomic E-state index is -3.36. The molecule has 0 bridgehead atoms. The van der Waals surface area contributed by atoms with E-state index in [9.17, 15) is 8.42 Å². The summed E-state index contributed by atoms with van der Waals surface area (Å²) in [4.78, 5) is 0.680. The van der Waals surface area contributed by atoms with Gasteiger partial charge in [0.15, 0.2) is 0 Å². The van der Waals surface area contributed by atoms with E-state index in [2.05, 4.69) is 0 Å². The third-order valence-electron chi connectivity index (χ3n) is 2.35. The van der Waals surface area contributed by atoms with Crippen LogP contribution in [0.2, 0.25) is 0 Å². The molecule has 0 unspecified atom stereocenters. The molecule has 3 heteroatoms. The van der Waals surface area contributed by atoms with E-state index >= 15 is 0 Å². The van der Waals surface area contributed by atoms with Crippen LogP contribution in [0, 0.1) is 6.92 Å². The highest BCUT2D eigenvalue weighted by atomic mass is 32.2. The molecule has 2 rings (SSSR count). The third kappa shape index (κ3) is 2.74. The van der Waals surface area contributed by atoms with Gasteiger partial charge in [-0.05, 0) is 36.8 Å². The third-order valence-corrected chi connectivity index (χ3v) is 4.12. The largest absolute Gasteiger partial charge is 0.219 e. The molecule has 0 aliphatic heterocycles. The van der Waals surface area contributed by atoms with E-state index < -0.39 is 9.84 Å². The Kier molecular flexibility index (Phi) is 4.07. The van der Waals surface area contributed by atoms with Gasteiger partial charge in [-0.15, -0.1) is 0 Å². The Morgan fingerprint density at radius 1 is 0.824 bits per heavy atom. The van der Waals surface area contributed by atoms with E-state index in [1.807, 2.05) is 13.0 Å². The summed E-state index contributed by atoms with van der Waals surface area (Å²) in [5, 5.41) is 0. The molecule has 0 spiro atoms. The zero-order chi connectivity index (χ0) is 11.6. The van der Waals surface area contributed by atoms with Gasteiger partial charge < -0.3 is 0 Å². The van der Waals surface area contributed by atoms with Gasteiger partial charge >= 0.3 is 0 Å². The molecular weight excluding hydrogens is 232 g/mol. The van der Waals surface area contributed by atoms with Gasteiger partial charge in [0.05, 0.1) is 9.79 Å². The lowest BCUT2D eigenvalue weighted by Gasteiger charge is -2.04. The van der Waals surface area contributed by atoms with Crippen molar-refractivity contribution in [3.63, 3.8) is 0 Å². The van der Waals surface area contributed by atoms with Gasteiger partial charge in [-0.1, -0.05) is 37.8 Å². The van der Waals surface area contributed by atoms with Crippen LogP contribution in [0.5, 0.6) is 0 Å². The lowest BCUT2D eigenvalue weighted by atomic mass is 10.2. The second-order valence-electron chi connectivity index (χ2n) is 3.63. The summed E-state index contributed by atoms with van der Waals surface area (Å²) in [5.74, 6) is 0. The first-order chi connectivity index (χ1) is 7.60. The van der Waals surface area contributed by atoms with Crippen LogP contribution in [-0.2, 0) is 9.84 Å².